The SMILES string of the molecule is Cc1cccc(C(=O)N2CCCN(C(=O)c3ccc(C(C)(C)C)cc3)CC2)c1. The van der Waals surface area contributed by atoms with Crippen LogP contribution >= 0.6 is 0 Å². The van der Waals surface area contributed by atoms with E-state index in [9.17, 15) is 9.59 Å². The molecule has 0 bridgehead atoms. The average Bonchev–Trinajstić information content (AvgIpc) is 2.92. The molecule has 0 radical (unpaired) electrons. The predicted octanol–water partition coefficient (Wildman–Crippen LogP) is 4.28. The van der Waals surface area contributed by atoms with Gasteiger partial charge in [-0.05, 0) is 48.6 Å². The van der Waals surface area contributed by atoms with Gasteiger partial charge < -0.3 is 9.80 Å². The van der Waals surface area contributed by atoms with Gasteiger partial charge >= 0.3 is 0 Å². The molecule has 4 nitrogen and oxygen atoms in total. The van der Waals surface area contributed by atoms with Crippen LogP contribution in [0.4, 0.5) is 0 Å². The number of carbonyl (C=O) groups is 2. The fourth-order valence-corrected chi connectivity index (χ4v) is 3.58. The third-order valence-electron chi connectivity index (χ3n) is 5.33. The summed E-state index contributed by atoms with van der Waals surface area (Å²) in [4.78, 5) is 29.5. The summed E-state index contributed by atoms with van der Waals surface area (Å²) in [6, 6.07) is 15.6. The first-order valence-electron chi connectivity index (χ1n) is 10.0. The molecule has 0 aromatic heterocycles. The van der Waals surface area contributed by atoms with Gasteiger partial charge in [0.05, 0.1) is 0 Å². The molecule has 0 atom stereocenters. The Bertz CT molecular complexity index is 850. The smallest absolute Gasteiger partial charge is 0.253 e. The molecule has 148 valence electrons. The molecule has 1 fully saturated rings. The van der Waals surface area contributed by atoms with Gasteiger partial charge in [-0.15, -0.1) is 0 Å². The summed E-state index contributed by atoms with van der Waals surface area (Å²) in [6.07, 6.45) is 0.795. The highest BCUT2D eigenvalue weighted by Crippen LogP contribution is 2.23. The van der Waals surface area contributed by atoms with Crippen LogP contribution in [-0.2, 0) is 5.41 Å². The number of amides is 2. The highest BCUT2D eigenvalue weighted by atomic mass is 16.2. The van der Waals surface area contributed by atoms with Crippen molar-refractivity contribution in [3.05, 3.63) is 70.8 Å². The van der Waals surface area contributed by atoms with E-state index in [4.69, 9.17) is 0 Å². The van der Waals surface area contributed by atoms with Gasteiger partial charge in [-0.25, -0.2) is 0 Å². The molecule has 0 saturated carbocycles. The fourth-order valence-electron chi connectivity index (χ4n) is 3.58. The number of hydrogen-bond acceptors (Lipinski definition) is 2. The van der Waals surface area contributed by atoms with E-state index in [2.05, 4.69) is 20.8 Å². The lowest BCUT2D eigenvalue weighted by molar-refractivity contribution is 0.0718. The van der Waals surface area contributed by atoms with Crippen LogP contribution in [0.5, 0.6) is 0 Å². The topological polar surface area (TPSA) is 40.6 Å². The van der Waals surface area contributed by atoms with Gasteiger partial charge in [0.1, 0.15) is 0 Å². The van der Waals surface area contributed by atoms with Gasteiger partial charge in [0.15, 0.2) is 0 Å². The Morgan fingerprint density at radius 3 is 1.89 bits per heavy atom. The number of nitrogens with zero attached hydrogens (tertiary/aromatic N) is 2. The van der Waals surface area contributed by atoms with E-state index in [0.29, 0.717) is 31.7 Å². The van der Waals surface area contributed by atoms with Crippen LogP contribution in [0.1, 0.15) is 59.0 Å². The van der Waals surface area contributed by atoms with E-state index in [1.807, 2.05) is 65.3 Å². The fraction of sp³-hybridized carbons (Fsp3) is 0.417. The van der Waals surface area contributed by atoms with Crippen LogP contribution < -0.4 is 0 Å². The van der Waals surface area contributed by atoms with Crippen molar-refractivity contribution >= 4 is 11.8 Å². The Labute approximate surface area is 168 Å². The minimum Gasteiger partial charge on any atom is -0.337 e. The maximum absolute atomic E-state index is 12.9. The van der Waals surface area contributed by atoms with Gasteiger partial charge in [-0.1, -0.05) is 50.6 Å². The maximum Gasteiger partial charge on any atom is 0.253 e. The number of carbonyl (C=O) groups excluding carboxylic acids is 2. The normalized spacial score (nSPS) is 15.3. The van der Waals surface area contributed by atoms with Gasteiger partial charge in [0.25, 0.3) is 11.8 Å². The highest BCUT2D eigenvalue weighted by molar-refractivity contribution is 5.95. The number of rotatable bonds is 2. The molecular formula is C24H30N2O2. The minimum absolute atomic E-state index is 0.0466. The van der Waals surface area contributed by atoms with E-state index in [0.717, 1.165) is 17.5 Å². The Balaban J connectivity index is 1.66. The molecule has 2 amide bonds. The molecule has 1 heterocycles. The Morgan fingerprint density at radius 2 is 1.36 bits per heavy atom. The molecule has 4 heteroatoms. The van der Waals surface area contributed by atoms with Crippen LogP contribution in [0.2, 0.25) is 0 Å². The zero-order valence-corrected chi connectivity index (χ0v) is 17.4. The summed E-state index contributed by atoms with van der Waals surface area (Å²) < 4.78 is 0. The second kappa shape index (κ2) is 8.17. The third-order valence-corrected chi connectivity index (χ3v) is 5.33. The molecule has 28 heavy (non-hydrogen) atoms. The highest BCUT2D eigenvalue weighted by Gasteiger charge is 2.24. The summed E-state index contributed by atoms with van der Waals surface area (Å²) in [5.74, 6) is 0.0952. The molecule has 0 N–H and O–H groups in total. The molecule has 0 unspecified atom stereocenters. The lowest BCUT2D eigenvalue weighted by atomic mass is 9.86. The summed E-state index contributed by atoms with van der Waals surface area (Å²) in [5.41, 5.74) is 3.80. The number of aryl methyl sites for hydroxylation is 1. The minimum atomic E-state index is 0.0466. The van der Waals surface area contributed by atoms with Gasteiger partial charge in [0, 0.05) is 37.3 Å². The summed E-state index contributed by atoms with van der Waals surface area (Å²) >= 11 is 0. The van der Waals surface area contributed by atoms with Crippen molar-refractivity contribution in [2.45, 2.75) is 39.5 Å². The Hall–Kier alpha value is -2.62. The van der Waals surface area contributed by atoms with Crippen LogP contribution in [-0.4, -0.2) is 47.8 Å². The molecular weight excluding hydrogens is 348 g/mol. The van der Waals surface area contributed by atoms with Crippen molar-refractivity contribution in [1.82, 2.24) is 9.80 Å². The van der Waals surface area contributed by atoms with E-state index in [1.54, 1.807) is 0 Å². The third kappa shape index (κ3) is 4.61. The van der Waals surface area contributed by atoms with Crippen molar-refractivity contribution in [1.29, 1.82) is 0 Å². The number of hydrogen-bond donors (Lipinski definition) is 0. The van der Waals surface area contributed by atoms with Crippen LogP contribution in [0, 0.1) is 6.92 Å². The molecule has 3 rings (SSSR count). The largest absolute Gasteiger partial charge is 0.337 e. The quantitative estimate of drug-likeness (QED) is 0.782. The molecule has 1 aliphatic heterocycles. The van der Waals surface area contributed by atoms with Crippen LogP contribution in [0.25, 0.3) is 0 Å². The summed E-state index contributed by atoms with van der Waals surface area (Å²) in [7, 11) is 0. The van der Waals surface area contributed by atoms with Crippen molar-refractivity contribution in [3.8, 4) is 0 Å². The maximum atomic E-state index is 12.9. The standard InChI is InChI=1S/C24H30N2O2/c1-18-7-5-8-20(17-18)23(28)26-14-6-13-25(15-16-26)22(27)19-9-11-21(12-10-19)24(2,3)4/h5,7-12,17H,6,13-16H2,1-4H3. The molecule has 0 spiro atoms. The van der Waals surface area contributed by atoms with E-state index in [1.165, 1.54) is 5.56 Å². The number of benzene rings is 2. The first kappa shape index (κ1) is 20.1. The Kier molecular flexibility index (Phi) is 5.87. The van der Waals surface area contributed by atoms with E-state index < -0.39 is 0 Å². The average molecular weight is 379 g/mol. The second-order valence-corrected chi connectivity index (χ2v) is 8.63. The van der Waals surface area contributed by atoms with E-state index in [-0.39, 0.29) is 17.2 Å². The lowest BCUT2D eigenvalue weighted by Gasteiger charge is -2.23. The zero-order chi connectivity index (χ0) is 20.3. The molecule has 1 aliphatic rings. The van der Waals surface area contributed by atoms with Crippen molar-refractivity contribution in [2.24, 2.45) is 0 Å². The summed E-state index contributed by atoms with van der Waals surface area (Å²) in [6.45, 7) is 11.0. The predicted molar refractivity (Wildman–Crippen MR) is 113 cm³/mol. The lowest BCUT2D eigenvalue weighted by Crippen LogP contribution is -2.37. The van der Waals surface area contributed by atoms with Gasteiger partial charge in [-0.2, -0.15) is 0 Å². The van der Waals surface area contributed by atoms with Gasteiger partial charge in [0.2, 0.25) is 0 Å². The van der Waals surface area contributed by atoms with Crippen molar-refractivity contribution in [3.63, 3.8) is 0 Å². The molecule has 2 aromatic rings. The van der Waals surface area contributed by atoms with Crippen molar-refractivity contribution < 1.29 is 9.59 Å². The second-order valence-electron chi connectivity index (χ2n) is 8.63. The zero-order valence-electron chi connectivity index (χ0n) is 17.4. The first-order chi connectivity index (χ1) is 13.3. The van der Waals surface area contributed by atoms with Crippen LogP contribution in [0.3, 0.4) is 0 Å². The van der Waals surface area contributed by atoms with Crippen molar-refractivity contribution in [2.75, 3.05) is 26.2 Å². The molecule has 1 saturated heterocycles. The van der Waals surface area contributed by atoms with Gasteiger partial charge in [-0.3, -0.25) is 9.59 Å². The summed E-state index contributed by atoms with van der Waals surface area (Å²) in [5, 5.41) is 0. The van der Waals surface area contributed by atoms with Crippen LogP contribution in [0.15, 0.2) is 48.5 Å². The van der Waals surface area contributed by atoms with E-state index >= 15 is 0 Å². The Morgan fingerprint density at radius 1 is 0.786 bits per heavy atom. The molecule has 2 aromatic carbocycles. The molecule has 0 aliphatic carbocycles. The monoisotopic (exact) mass is 378 g/mol. The first-order valence-corrected chi connectivity index (χ1v) is 10.0.